The predicted octanol–water partition coefficient (Wildman–Crippen LogP) is 3.09. The van der Waals surface area contributed by atoms with Crippen LogP contribution in [0.25, 0.3) is 10.1 Å². The zero-order valence-corrected chi connectivity index (χ0v) is 8.82. The number of thiophene rings is 1. The fourth-order valence-corrected chi connectivity index (χ4v) is 2.51. The molecule has 0 aliphatic heterocycles. The molecule has 2 N–H and O–H groups in total. The molecule has 14 heavy (non-hydrogen) atoms. The summed E-state index contributed by atoms with van der Waals surface area (Å²) in [7, 11) is 0. The van der Waals surface area contributed by atoms with E-state index in [0.29, 0.717) is 17.1 Å². The molecule has 4 heteroatoms. The first kappa shape index (κ1) is 9.32. The first-order chi connectivity index (χ1) is 6.77. The van der Waals surface area contributed by atoms with Gasteiger partial charge in [-0.15, -0.1) is 22.9 Å². The van der Waals surface area contributed by atoms with Gasteiger partial charge in [-0.3, -0.25) is 0 Å². The van der Waals surface area contributed by atoms with Crippen molar-refractivity contribution >= 4 is 38.7 Å². The Hall–Kier alpha value is -1.24. The lowest BCUT2D eigenvalue weighted by Crippen LogP contribution is -1.93. The Morgan fingerprint density at radius 3 is 3.00 bits per heavy atom. The highest BCUT2D eigenvalue weighted by Gasteiger charge is 2.09. The summed E-state index contributed by atoms with van der Waals surface area (Å²) in [4.78, 5) is 0. The van der Waals surface area contributed by atoms with Gasteiger partial charge in [0.05, 0.1) is 10.3 Å². The Morgan fingerprint density at radius 1 is 1.57 bits per heavy atom. The Morgan fingerprint density at radius 2 is 2.36 bits per heavy atom. The van der Waals surface area contributed by atoms with Gasteiger partial charge in [-0.05, 0) is 23.1 Å². The number of benzene rings is 1. The first-order valence-corrected chi connectivity index (χ1v) is 5.44. The zero-order valence-electron chi connectivity index (χ0n) is 7.25. The van der Waals surface area contributed by atoms with Crippen LogP contribution in [0.15, 0.2) is 17.5 Å². The smallest absolute Gasteiger partial charge is 0.101 e. The third-order valence-corrected chi connectivity index (χ3v) is 3.36. The number of nitrogens with two attached hydrogens (primary N) is 1. The van der Waals surface area contributed by atoms with E-state index in [1.54, 1.807) is 6.07 Å². The molecule has 0 saturated carbocycles. The quantitative estimate of drug-likeness (QED) is 0.596. The standard InChI is InChI=1S/C10H7ClN2S/c11-4-6-3-7(5-12)10-8(9(6)13)1-2-14-10/h1-3H,4,13H2. The van der Waals surface area contributed by atoms with Crippen LogP contribution in [-0.2, 0) is 5.88 Å². The van der Waals surface area contributed by atoms with Crippen molar-refractivity contribution in [1.82, 2.24) is 0 Å². The van der Waals surface area contributed by atoms with Crippen molar-refractivity contribution < 1.29 is 0 Å². The van der Waals surface area contributed by atoms with Crippen LogP contribution in [0.5, 0.6) is 0 Å². The van der Waals surface area contributed by atoms with Crippen molar-refractivity contribution in [2.24, 2.45) is 0 Å². The SMILES string of the molecule is N#Cc1cc(CCl)c(N)c2ccsc12. The highest BCUT2D eigenvalue weighted by atomic mass is 35.5. The van der Waals surface area contributed by atoms with Crippen LogP contribution in [-0.4, -0.2) is 0 Å². The summed E-state index contributed by atoms with van der Waals surface area (Å²) in [6, 6.07) is 5.84. The van der Waals surface area contributed by atoms with Gasteiger partial charge >= 0.3 is 0 Å². The van der Waals surface area contributed by atoms with E-state index >= 15 is 0 Å². The Kier molecular flexibility index (Phi) is 2.32. The van der Waals surface area contributed by atoms with E-state index in [4.69, 9.17) is 22.6 Å². The molecule has 2 aromatic rings. The lowest BCUT2D eigenvalue weighted by atomic mass is 10.1. The van der Waals surface area contributed by atoms with Crippen molar-refractivity contribution in [1.29, 1.82) is 5.26 Å². The number of fused-ring (bicyclic) bond motifs is 1. The van der Waals surface area contributed by atoms with Gasteiger partial charge < -0.3 is 5.73 Å². The van der Waals surface area contributed by atoms with E-state index in [0.717, 1.165) is 15.6 Å². The van der Waals surface area contributed by atoms with Crippen LogP contribution in [0.1, 0.15) is 11.1 Å². The van der Waals surface area contributed by atoms with E-state index < -0.39 is 0 Å². The van der Waals surface area contributed by atoms with Crippen LogP contribution in [0.3, 0.4) is 0 Å². The molecule has 0 aliphatic rings. The summed E-state index contributed by atoms with van der Waals surface area (Å²) >= 11 is 7.27. The Balaban J connectivity index is 2.89. The molecular formula is C10H7ClN2S. The second-order valence-corrected chi connectivity index (χ2v) is 4.09. The number of anilines is 1. The number of rotatable bonds is 1. The van der Waals surface area contributed by atoms with Gasteiger partial charge in [0.2, 0.25) is 0 Å². The second kappa shape index (κ2) is 3.49. The lowest BCUT2D eigenvalue weighted by molar-refractivity contribution is 1.41. The average molecular weight is 223 g/mol. The highest BCUT2D eigenvalue weighted by Crippen LogP contribution is 2.32. The van der Waals surface area contributed by atoms with E-state index in [1.807, 2.05) is 11.4 Å². The predicted molar refractivity (Wildman–Crippen MR) is 60.5 cm³/mol. The molecular weight excluding hydrogens is 216 g/mol. The van der Waals surface area contributed by atoms with E-state index in [9.17, 15) is 0 Å². The zero-order chi connectivity index (χ0) is 10.1. The molecule has 1 aromatic heterocycles. The van der Waals surface area contributed by atoms with Gasteiger partial charge in [0, 0.05) is 17.0 Å². The summed E-state index contributed by atoms with van der Waals surface area (Å²) in [6.07, 6.45) is 0. The number of nitrogens with zero attached hydrogens (tertiary/aromatic N) is 1. The van der Waals surface area contributed by atoms with E-state index in [2.05, 4.69) is 6.07 Å². The van der Waals surface area contributed by atoms with Gasteiger partial charge in [0.1, 0.15) is 6.07 Å². The van der Waals surface area contributed by atoms with E-state index in [1.165, 1.54) is 11.3 Å². The number of nitriles is 1. The van der Waals surface area contributed by atoms with Crippen molar-refractivity contribution in [3.05, 3.63) is 28.6 Å². The van der Waals surface area contributed by atoms with Crippen LogP contribution in [0, 0.1) is 11.3 Å². The topological polar surface area (TPSA) is 49.8 Å². The minimum Gasteiger partial charge on any atom is -0.398 e. The molecule has 2 nitrogen and oxygen atoms in total. The van der Waals surface area contributed by atoms with Gasteiger partial charge in [0.25, 0.3) is 0 Å². The maximum atomic E-state index is 8.94. The molecule has 0 amide bonds. The van der Waals surface area contributed by atoms with Crippen LogP contribution < -0.4 is 5.73 Å². The summed E-state index contributed by atoms with van der Waals surface area (Å²) in [6.45, 7) is 0. The fraction of sp³-hybridized carbons (Fsp3) is 0.100. The maximum Gasteiger partial charge on any atom is 0.101 e. The van der Waals surface area contributed by atoms with Crippen LogP contribution in [0.2, 0.25) is 0 Å². The molecule has 0 aliphatic carbocycles. The van der Waals surface area contributed by atoms with Crippen molar-refractivity contribution in [2.75, 3.05) is 5.73 Å². The number of hydrogen-bond donors (Lipinski definition) is 1. The summed E-state index contributed by atoms with van der Waals surface area (Å²) in [5.74, 6) is 0.340. The molecule has 0 bridgehead atoms. The molecule has 1 aromatic carbocycles. The maximum absolute atomic E-state index is 8.94. The van der Waals surface area contributed by atoms with Crippen molar-refractivity contribution in [3.8, 4) is 6.07 Å². The van der Waals surface area contributed by atoms with Crippen LogP contribution in [0.4, 0.5) is 5.69 Å². The Bertz CT molecular complexity index is 525. The number of alkyl halides is 1. The number of halogens is 1. The van der Waals surface area contributed by atoms with Gasteiger partial charge in [0.15, 0.2) is 0 Å². The van der Waals surface area contributed by atoms with Gasteiger partial charge in [-0.1, -0.05) is 0 Å². The minimum atomic E-state index is 0.340. The molecule has 0 atom stereocenters. The first-order valence-electron chi connectivity index (χ1n) is 4.02. The Labute approximate surface area is 90.5 Å². The highest BCUT2D eigenvalue weighted by molar-refractivity contribution is 7.17. The molecule has 1 heterocycles. The van der Waals surface area contributed by atoms with E-state index in [-0.39, 0.29) is 0 Å². The van der Waals surface area contributed by atoms with Crippen molar-refractivity contribution in [2.45, 2.75) is 5.88 Å². The normalized spacial score (nSPS) is 10.3. The summed E-state index contributed by atoms with van der Waals surface area (Å²) in [5, 5.41) is 11.8. The third-order valence-electron chi connectivity index (χ3n) is 2.13. The van der Waals surface area contributed by atoms with Crippen LogP contribution >= 0.6 is 22.9 Å². The number of nitrogen functional groups attached to an aromatic ring is 1. The second-order valence-electron chi connectivity index (χ2n) is 2.91. The number of hydrogen-bond acceptors (Lipinski definition) is 3. The summed E-state index contributed by atoms with van der Waals surface area (Å²) in [5.41, 5.74) is 8.08. The molecule has 0 saturated heterocycles. The van der Waals surface area contributed by atoms with Gasteiger partial charge in [-0.2, -0.15) is 5.26 Å². The van der Waals surface area contributed by atoms with Gasteiger partial charge in [-0.25, -0.2) is 0 Å². The fourth-order valence-electron chi connectivity index (χ4n) is 1.41. The van der Waals surface area contributed by atoms with Crippen molar-refractivity contribution in [3.63, 3.8) is 0 Å². The summed E-state index contributed by atoms with van der Waals surface area (Å²) < 4.78 is 0.943. The monoisotopic (exact) mass is 222 g/mol. The molecule has 0 radical (unpaired) electrons. The molecule has 0 spiro atoms. The third kappa shape index (κ3) is 1.24. The largest absolute Gasteiger partial charge is 0.398 e. The minimum absolute atomic E-state index is 0.340. The molecule has 2 rings (SSSR count). The lowest BCUT2D eigenvalue weighted by Gasteiger charge is -2.04. The average Bonchev–Trinajstić information content (AvgIpc) is 2.68. The molecule has 0 fully saturated rings. The molecule has 0 unspecified atom stereocenters. The molecule has 70 valence electrons.